The van der Waals surface area contributed by atoms with Gasteiger partial charge >= 0.3 is 0 Å². The van der Waals surface area contributed by atoms with Crippen molar-refractivity contribution in [2.75, 3.05) is 0 Å². The fourth-order valence-corrected chi connectivity index (χ4v) is 2.36. The Balaban J connectivity index is 2.09. The molecule has 4 aromatic heterocycles. The molecule has 4 aromatic rings. The van der Waals surface area contributed by atoms with Crippen molar-refractivity contribution in [1.82, 2.24) is 39.5 Å². The highest BCUT2D eigenvalue weighted by Crippen LogP contribution is 2.27. The monoisotopic (exact) mass is 291 g/mol. The molecule has 0 aromatic carbocycles. The molecule has 4 rings (SSSR count). The zero-order chi connectivity index (χ0) is 15.1. The van der Waals surface area contributed by atoms with E-state index in [1.165, 1.54) is 6.33 Å². The molecule has 22 heavy (non-hydrogen) atoms. The van der Waals surface area contributed by atoms with Crippen LogP contribution in [0, 0.1) is 11.3 Å². The van der Waals surface area contributed by atoms with E-state index in [0.29, 0.717) is 34.0 Å². The molecule has 0 saturated heterocycles. The Morgan fingerprint density at radius 3 is 2.91 bits per heavy atom. The summed E-state index contributed by atoms with van der Waals surface area (Å²) in [5.41, 5.74) is 3.73. The molecule has 0 aliphatic rings. The number of hydrogen-bond acceptors (Lipinski definition) is 7. The molecule has 0 radical (unpaired) electrons. The number of aromatic amines is 1. The number of aryl methyl sites for hydroxylation is 1. The van der Waals surface area contributed by atoms with Gasteiger partial charge in [-0.15, -0.1) is 0 Å². The fourth-order valence-electron chi connectivity index (χ4n) is 2.36. The summed E-state index contributed by atoms with van der Waals surface area (Å²) in [4.78, 5) is 28.6. The van der Waals surface area contributed by atoms with E-state index >= 15 is 0 Å². The highest BCUT2D eigenvalue weighted by Gasteiger charge is 2.18. The molecule has 0 unspecified atom stereocenters. The van der Waals surface area contributed by atoms with E-state index in [4.69, 9.17) is 5.26 Å². The van der Waals surface area contributed by atoms with Gasteiger partial charge in [0.15, 0.2) is 11.3 Å². The van der Waals surface area contributed by atoms with Gasteiger partial charge in [0.2, 0.25) is 0 Å². The summed E-state index contributed by atoms with van der Waals surface area (Å²) in [6.45, 7) is 0. The van der Waals surface area contributed by atoms with Gasteiger partial charge < -0.3 is 9.55 Å². The molecule has 4 heterocycles. The predicted octanol–water partition coefficient (Wildman–Crippen LogP) is 0.763. The molecule has 0 atom stereocenters. The van der Waals surface area contributed by atoms with Gasteiger partial charge in [0.1, 0.15) is 34.6 Å². The lowest BCUT2D eigenvalue weighted by atomic mass is 10.2. The topological polar surface area (TPSA) is 122 Å². The smallest absolute Gasteiger partial charge is 0.181 e. The Morgan fingerprint density at radius 2 is 2.05 bits per heavy atom. The Labute approximate surface area is 123 Å². The Bertz CT molecular complexity index is 1040. The molecule has 0 fully saturated rings. The summed E-state index contributed by atoms with van der Waals surface area (Å²) < 4.78 is 1.83. The summed E-state index contributed by atoms with van der Waals surface area (Å²) >= 11 is 0. The van der Waals surface area contributed by atoms with Gasteiger partial charge in [0.25, 0.3) is 0 Å². The van der Waals surface area contributed by atoms with E-state index in [1.807, 2.05) is 17.7 Å². The van der Waals surface area contributed by atoms with E-state index in [9.17, 15) is 0 Å². The van der Waals surface area contributed by atoms with Crippen LogP contribution in [0.2, 0.25) is 0 Å². The SMILES string of the molecule is Cn1cnc2ncnc(-c3nc(CC#N)nc4nc[nH]c34)c21. The first-order chi connectivity index (χ1) is 10.8. The van der Waals surface area contributed by atoms with Crippen molar-refractivity contribution in [1.29, 1.82) is 5.26 Å². The van der Waals surface area contributed by atoms with Crippen LogP contribution in [0.4, 0.5) is 0 Å². The summed E-state index contributed by atoms with van der Waals surface area (Å²) in [6, 6.07) is 2.05. The first-order valence-corrected chi connectivity index (χ1v) is 6.47. The van der Waals surface area contributed by atoms with Crippen LogP contribution in [-0.2, 0) is 13.5 Å². The number of aromatic nitrogens is 8. The zero-order valence-electron chi connectivity index (χ0n) is 11.5. The minimum Gasteiger partial charge on any atom is -0.341 e. The molecule has 0 saturated carbocycles. The molecule has 106 valence electrons. The number of fused-ring (bicyclic) bond motifs is 2. The minimum absolute atomic E-state index is 0.107. The molecule has 0 aliphatic carbocycles. The summed E-state index contributed by atoms with van der Waals surface area (Å²) in [7, 11) is 1.86. The Morgan fingerprint density at radius 1 is 1.14 bits per heavy atom. The standard InChI is InChI=1S/C13H9N9/c1-22-6-19-13-11(22)9(15-4-18-13)8-10-12(17-5-16-10)21-7(20-8)2-3-14/h4-6H,2H2,1H3,(H,16,17,20,21). The van der Waals surface area contributed by atoms with Crippen molar-refractivity contribution >= 4 is 22.3 Å². The molecule has 0 amide bonds. The number of H-pyrrole nitrogens is 1. The van der Waals surface area contributed by atoms with Crippen LogP contribution in [0.15, 0.2) is 19.0 Å². The summed E-state index contributed by atoms with van der Waals surface area (Å²) in [5.74, 6) is 0.408. The lowest BCUT2D eigenvalue weighted by Gasteiger charge is -2.05. The third-order valence-corrected chi connectivity index (χ3v) is 3.30. The van der Waals surface area contributed by atoms with Gasteiger partial charge in [-0.25, -0.2) is 29.9 Å². The maximum Gasteiger partial charge on any atom is 0.181 e. The van der Waals surface area contributed by atoms with Crippen LogP contribution in [0.5, 0.6) is 0 Å². The van der Waals surface area contributed by atoms with Crippen molar-refractivity contribution in [2.45, 2.75) is 6.42 Å². The Kier molecular flexibility index (Phi) is 2.56. The van der Waals surface area contributed by atoms with Crippen LogP contribution in [-0.4, -0.2) is 39.5 Å². The molecule has 1 N–H and O–H groups in total. The van der Waals surface area contributed by atoms with Crippen molar-refractivity contribution in [3.8, 4) is 17.5 Å². The number of imidazole rings is 2. The average Bonchev–Trinajstić information content (AvgIpc) is 3.14. The highest BCUT2D eigenvalue weighted by molar-refractivity contribution is 5.95. The second-order valence-electron chi connectivity index (χ2n) is 4.67. The van der Waals surface area contributed by atoms with Crippen LogP contribution in [0.3, 0.4) is 0 Å². The maximum atomic E-state index is 8.89. The Hall–Kier alpha value is -3.41. The molecule has 0 spiro atoms. The lowest BCUT2D eigenvalue weighted by molar-refractivity contribution is 0.943. The van der Waals surface area contributed by atoms with Crippen molar-refractivity contribution < 1.29 is 0 Å². The molecule has 9 nitrogen and oxygen atoms in total. The molecular weight excluding hydrogens is 282 g/mol. The van der Waals surface area contributed by atoms with Crippen LogP contribution < -0.4 is 0 Å². The largest absolute Gasteiger partial charge is 0.341 e. The second kappa shape index (κ2) is 4.56. The third-order valence-electron chi connectivity index (χ3n) is 3.30. The van der Waals surface area contributed by atoms with E-state index in [2.05, 4.69) is 34.9 Å². The van der Waals surface area contributed by atoms with Gasteiger partial charge in [-0.05, 0) is 0 Å². The van der Waals surface area contributed by atoms with Gasteiger partial charge in [-0.2, -0.15) is 5.26 Å². The van der Waals surface area contributed by atoms with Crippen LogP contribution in [0.25, 0.3) is 33.7 Å². The highest BCUT2D eigenvalue weighted by atomic mass is 15.1. The normalized spacial score (nSPS) is 11.1. The minimum atomic E-state index is 0.107. The van der Waals surface area contributed by atoms with E-state index in [1.54, 1.807) is 12.7 Å². The number of nitrogens with one attached hydrogen (secondary N) is 1. The van der Waals surface area contributed by atoms with Crippen molar-refractivity contribution in [3.05, 3.63) is 24.8 Å². The van der Waals surface area contributed by atoms with Crippen LogP contribution in [0.1, 0.15) is 5.82 Å². The number of hydrogen-bond donors (Lipinski definition) is 1. The fraction of sp³-hybridized carbons (Fsp3) is 0.154. The van der Waals surface area contributed by atoms with Gasteiger partial charge in [0, 0.05) is 7.05 Å². The molecule has 0 bridgehead atoms. The second-order valence-corrected chi connectivity index (χ2v) is 4.67. The van der Waals surface area contributed by atoms with E-state index in [-0.39, 0.29) is 6.42 Å². The van der Waals surface area contributed by atoms with Gasteiger partial charge in [0.05, 0.1) is 25.1 Å². The quantitative estimate of drug-likeness (QED) is 0.578. The third kappa shape index (κ3) is 1.71. The van der Waals surface area contributed by atoms with Crippen molar-refractivity contribution in [3.63, 3.8) is 0 Å². The molecular formula is C13H9N9. The summed E-state index contributed by atoms with van der Waals surface area (Å²) in [5, 5.41) is 8.89. The van der Waals surface area contributed by atoms with E-state index < -0.39 is 0 Å². The zero-order valence-corrected chi connectivity index (χ0v) is 11.5. The molecule has 9 heteroatoms. The predicted molar refractivity (Wildman–Crippen MR) is 76.3 cm³/mol. The number of nitrogens with zero attached hydrogens (tertiary/aromatic N) is 8. The molecule has 0 aliphatic heterocycles. The number of rotatable bonds is 2. The maximum absolute atomic E-state index is 8.89. The van der Waals surface area contributed by atoms with Crippen LogP contribution >= 0.6 is 0 Å². The number of nitriles is 1. The van der Waals surface area contributed by atoms with Crippen molar-refractivity contribution in [2.24, 2.45) is 7.05 Å². The average molecular weight is 291 g/mol. The summed E-state index contributed by atoms with van der Waals surface area (Å²) in [6.07, 6.45) is 4.76. The van der Waals surface area contributed by atoms with E-state index in [0.717, 1.165) is 5.52 Å². The first kappa shape index (κ1) is 12.3. The van der Waals surface area contributed by atoms with Gasteiger partial charge in [-0.3, -0.25) is 0 Å². The lowest BCUT2D eigenvalue weighted by Crippen LogP contribution is -2.01. The first-order valence-electron chi connectivity index (χ1n) is 6.47. The van der Waals surface area contributed by atoms with Gasteiger partial charge in [-0.1, -0.05) is 0 Å².